The van der Waals surface area contributed by atoms with E-state index in [0.29, 0.717) is 5.56 Å². The summed E-state index contributed by atoms with van der Waals surface area (Å²) in [5.41, 5.74) is 1.36. The van der Waals surface area contributed by atoms with Crippen molar-refractivity contribution < 1.29 is 14.6 Å². The molecule has 0 aliphatic rings. The highest BCUT2D eigenvalue weighted by Gasteiger charge is 2.29. The summed E-state index contributed by atoms with van der Waals surface area (Å²) in [5.74, 6) is 0.0354. The lowest BCUT2D eigenvalue weighted by Gasteiger charge is -2.31. The summed E-state index contributed by atoms with van der Waals surface area (Å²) < 4.78 is 0. The van der Waals surface area contributed by atoms with Gasteiger partial charge in [0.05, 0.1) is 0 Å². The summed E-state index contributed by atoms with van der Waals surface area (Å²) >= 11 is 0. The first-order chi connectivity index (χ1) is 10.7. The molecule has 0 atom stereocenters. The summed E-state index contributed by atoms with van der Waals surface area (Å²) in [6.45, 7) is 9.33. The highest BCUT2D eigenvalue weighted by Crippen LogP contribution is 2.31. The van der Waals surface area contributed by atoms with E-state index in [-0.39, 0.29) is 5.78 Å². The first-order valence-corrected chi connectivity index (χ1v) is 7.76. The van der Waals surface area contributed by atoms with Crippen LogP contribution in [0.25, 0.3) is 0 Å². The molecule has 0 aliphatic heterocycles. The molecule has 0 saturated carbocycles. The molecule has 0 unspecified atom stereocenters. The lowest BCUT2D eigenvalue weighted by molar-refractivity contribution is -0.410. The van der Waals surface area contributed by atoms with Crippen LogP contribution in [0, 0.1) is 0 Å². The molecular weight excluding hydrogens is 288 g/mol. The fraction of sp³-hybridized carbons (Fsp3) is 0.350. The van der Waals surface area contributed by atoms with Crippen LogP contribution in [0.15, 0.2) is 54.6 Å². The van der Waals surface area contributed by atoms with Gasteiger partial charge in [0.1, 0.15) is 11.2 Å². The number of rotatable bonds is 6. The molecule has 3 nitrogen and oxygen atoms in total. The molecule has 0 aliphatic carbocycles. The monoisotopic (exact) mass is 312 g/mol. The highest BCUT2D eigenvalue weighted by atomic mass is 17.2. The first kappa shape index (κ1) is 17.4. The number of hydrogen-bond donors (Lipinski definition) is 0. The Morgan fingerprint density at radius 3 is 1.87 bits per heavy atom. The van der Waals surface area contributed by atoms with Crippen molar-refractivity contribution in [3.63, 3.8) is 0 Å². The standard InChI is InChI=1S/C20H24O3/c1-15(21)16-10-9-13-18(14-16)20(4,5)23-22-19(2,3)17-11-7-6-8-12-17/h6-14H,1-5H3. The van der Waals surface area contributed by atoms with Gasteiger partial charge in [0.2, 0.25) is 0 Å². The largest absolute Gasteiger partial charge is 0.295 e. The maximum atomic E-state index is 11.6. The molecule has 0 N–H and O–H groups in total. The molecule has 0 heterocycles. The molecule has 2 rings (SSSR count). The summed E-state index contributed by atoms with van der Waals surface area (Å²) in [6, 6.07) is 17.4. The van der Waals surface area contributed by atoms with E-state index in [1.807, 2.05) is 76.2 Å². The van der Waals surface area contributed by atoms with Crippen LogP contribution in [-0.2, 0) is 21.0 Å². The second-order valence-corrected chi connectivity index (χ2v) is 6.69. The van der Waals surface area contributed by atoms with Crippen molar-refractivity contribution in [3.8, 4) is 0 Å². The van der Waals surface area contributed by atoms with Crippen LogP contribution in [0.3, 0.4) is 0 Å². The SMILES string of the molecule is CC(=O)c1cccc(C(C)(C)OOC(C)(C)c2ccccc2)c1. The zero-order valence-electron chi connectivity index (χ0n) is 14.4. The van der Waals surface area contributed by atoms with E-state index < -0.39 is 11.2 Å². The Morgan fingerprint density at radius 2 is 1.30 bits per heavy atom. The summed E-state index contributed by atoms with van der Waals surface area (Å²) in [7, 11) is 0. The molecule has 2 aromatic carbocycles. The minimum Gasteiger partial charge on any atom is -0.295 e. The van der Waals surface area contributed by atoms with Gasteiger partial charge in [0.25, 0.3) is 0 Å². The van der Waals surface area contributed by atoms with Gasteiger partial charge in [-0.05, 0) is 51.8 Å². The average Bonchev–Trinajstić information content (AvgIpc) is 2.54. The summed E-state index contributed by atoms with van der Waals surface area (Å²) in [5, 5.41) is 0. The maximum Gasteiger partial charge on any atom is 0.159 e. The van der Waals surface area contributed by atoms with Crippen molar-refractivity contribution in [2.75, 3.05) is 0 Å². The molecular formula is C20H24O3. The maximum absolute atomic E-state index is 11.6. The third-order valence-electron chi connectivity index (χ3n) is 3.89. The van der Waals surface area contributed by atoms with Gasteiger partial charge < -0.3 is 0 Å². The van der Waals surface area contributed by atoms with Gasteiger partial charge in [-0.3, -0.25) is 4.79 Å². The number of carbonyl (C=O) groups excluding carboxylic acids is 1. The minimum absolute atomic E-state index is 0.0354. The van der Waals surface area contributed by atoms with Crippen molar-refractivity contribution in [1.29, 1.82) is 0 Å². The predicted octanol–water partition coefficient (Wildman–Crippen LogP) is 5.01. The first-order valence-electron chi connectivity index (χ1n) is 7.76. The van der Waals surface area contributed by atoms with Crippen LogP contribution in [0.4, 0.5) is 0 Å². The number of hydrogen-bond acceptors (Lipinski definition) is 3. The van der Waals surface area contributed by atoms with Crippen LogP contribution in [0.1, 0.15) is 56.1 Å². The minimum atomic E-state index is -0.669. The number of benzene rings is 2. The molecule has 0 fully saturated rings. The summed E-state index contributed by atoms with van der Waals surface area (Å²) in [4.78, 5) is 23.1. The molecule has 0 bridgehead atoms. The molecule has 0 amide bonds. The molecule has 122 valence electrons. The van der Waals surface area contributed by atoms with Crippen molar-refractivity contribution in [3.05, 3.63) is 71.3 Å². The Bertz CT molecular complexity index is 672. The molecule has 0 aromatic heterocycles. The van der Waals surface area contributed by atoms with Gasteiger partial charge >= 0.3 is 0 Å². The number of carbonyl (C=O) groups is 1. The molecule has 23 heavy (non-hydrogen) atoms. The Hall–Kier alpha value is -1.97. The van der Waals surface area contributed by atoms with Gasteiger partial charge in [0, 0.05) is 5.56 Å². The zero-order chi connectivity index (χ0) is 17.1. The average molecular weight is 312 g/mol. The van der Waals surface area contributed by atoms with Crippen molar-refractivity contribution >= 4 is 5.78 Å². The van der Waals surface area contributed by atoms with Crippen molar-refractivity contribution in [1.82, 2.24) is 0 Å². The number of Topliss-reactive ketones (excluding diaryl/α,β-unsaturated/α-hetero) is 1. The molecule has 0 saturated heterocycles. The molecule has 3 heteroatoms. The van der Waals surface area contributed by atoms with Crippen LogP contribution >= 0.6 is 0 Å². The second-order valence-electron chi connectivity index (χ2n) is 6.69. The Labute approximate surface area is 138 Å². The summed E-state index contributed by atoms with van der Waals surface area (Å²) in [6.07, 6.45) is 0. The smallest absolute Gasteiger partial charge is 0.159 e. The van der Waals surface area contributed by atoms with Crippen LogP contribution in [0.2, 0.25) is 0 Å². The van der Waals surface area contributed by atoms with E-state index in [1.165, 1.54) is 0 Å². The van der Waals surface area contributed by atoms with E-state index in [2.05, 4.69) is 0 Å². The Balaban J connectivity index is 2.15. The van der Waals surface area contributed by atoms with E-state index >= 15 is 0 Å². The lowest BCUT2D eigenvalue weighted by Crippen LogP contribution is -2.29. The third-order valence-corrected chi connectivity index (χ3v) is 3.89. The van der Waals surface area contributed by atoms with E-state index in [4.69, 9.17) is 9.78 Å². The highest BCUT2D eigenvalue weighted by molar-refractivity contribution is 5.94. The second kappa shape index (κ2) is 6.65. The predicted molar refractivity (Wildman–Crippen MR) is 91.1 cm³/mol. The topological polar surface area (TPSA) is 35.5 Å². The van der Waals surface area contributed by atoms with Crippen molar-refractivity contribution in [2.45, 2.75) is 45.8 Å². The quantitative estimate of drug-likeness (QED) is 0.427. The third kappa shape index (κ3) is 4.27. The lowest BCUT2D eigenvalue weighted by atomic mass is 9.95. The van der Waals surface area contributed by atoms with Gasteiger partial charge in [-0.2, -0.15) is 0 Å². The molecule has 0 radical (unpaired) electrons. The molecule has 0 spiro atoms. The van der Waals surface area contributed by atoms with Crippen LogP contribution < -0.4 is 0 Å². The van der Waals surface area contributed by atoms with Crippen molar-refractivity contribution in [2.24, 2.45) is 0 Å². The number of ketones is 1. The zero-order valence-corrected chi connectivity index (χ0v) is 14.4. The van der Waals surface area contributed by atoms with E-state index in [1.54, 1.807) is 13.0 Å². The van der Waals surface area contributed by atoms with E-state index in [9.17, 15) is 4.79 Å². The van der Waals surface area contributed by atoms with Gasteiger partial charge in [0.15, 0.2) is 5.78 Å². The van der Waals surface area contributed by atoms with E-state index in [0.717, 1.165) is 11.1 Å². The fourth-order valence-corrected chi connectivity index (χ4v) is 2.26. The van der Waals surface area contributed by atoms with Gasteiger partial charge in [-0.1, -0.05) is 48.5 Å². The van der Waals surface area contributed by atoms with Gasteiger partial charge in [-0.15, -0.1) is 0 Å². The normalized spacial score (nSPS) is 12.2. The fourth-order valence-electron chi connectivity index (χ4n) is 2.26. The Kier molecular flexibility index (Phi) is 5.03. The van der Waals surface area contributed by atoms with Gasteiger partial charge in [-0.25, -0.2) is 9.78 Å². The molecule has 2 aromatic rings. The Morgan fingerprint density at radius 1 is 0.783 bits per heavy atom. The van der Waals surface area contributed by atoms with Crippen LogP contribution in [0.5, 0.6) is 0 Å². The van der Waals surface area contributed by atoms with Crippen LogP contribution in [-0.4, -0.2) is 5.78 Å².